The fraction of sp³-hybridized carbons (Fsp3) is 0.857. The van der Waals surface area contributed by atoms with Crippen LogP contribution in [0.4, 0.5) is 4.79 Å². The number of rotatable bonds is 4. The van der Waals surface area contributed by atoms with Crippen LogP contribution in [0.1, 0.15) is 13.8 Å². The van der Waals surface area contributed by atoms with E-state index in [0.29, 0.717) is 13.2 Å². The molecule has 1 unspecified atom stereocenters. The van der Waals surface area contributed by atoms with Gasteiger partial charge in [-0.1, -0.05) is 0 Å². The average molecular weight is 175 g/mol. The third kappa shape index (κ3) is 3.06. The normalized spacial score (nSPS) is 12.3. The summed E-state index contributed by atoms with van der Waals surface area (Å²) in [5.74, 6) is 5.00. The zero-order valence-corrected chi connectivity index (χ0v) is 7.83. The van der Waals surface area contributed by atoms with Crippen LogP contribution >= 0.6 is 0 Å². The minimum Gasteiger partial charge on any atom is -0.383 e. The number of nitrogens with two attached hydrogens (primary N) is 1. The van der Waals surface area contributed by atoms with Crippen LogP contribution in [0.5, 0.6) is 0 Å². The van der Waals surface area contributed by atoms with E-state index in [1.807, 2.05) is 13.8 Å². The maximum atomic E-state index is 11.1. The average Bonchev–Trinajstić information content (AvgIpc) is 2.06. The second-order valence-corrected chi connectivity index (χ2v) is 2.54. The van der Waals surface area contributed by atoms with Gasteiger partial charge in [0.15, 0.2) is 0 Å². The second kappa shape index (κ2) is 5.79. The molecule has 0 aliphatic rings. The van der Waals surface area contributed by atoms with Crippen LogP contribution in [-0.4, -0.2) is 37.2 Å². The van der Waals surface area contributed by atoms with Crippen molar-refractivity contribution in [3.05, 3.63) is 0 Å². The lowest BCUT2D eigenvalue weighted by molar-refractivity contribution is 0.114. The second-order valence-electron chi connectivity index (χ2n) is 2.54. The number of methoxy groups -OCH3 is 1. The highest BCUT2D eigenvalue weighted by molar-refractivity contribution is 5.73. The molecular formula is C7H17N3O2. The summed E-state index contributed by atoms with van der Waals surface area (Å²) in [4.78, 5) is 12.7. The van der Waals surface area contributed by atoms with Crippen molar-refractivity contribution in [3.63, 3.8) is 0 Å². The Labute approximate surface area is 72.8 Å². The van der Waals surface area contributed by atoms with Gasteiger partial charge >= 0.3 is 6.03 Å². The molecule has 0 saturated heterocycles. The number of nitrogens with zero attached hydrogens (tertiary/aromatic N) is 1. The molecule has 0 fully saturated rings. The van der Waals surface area contributed by atoms with E-state index < -0.39 is 0 Å². The van der Waals surface area contributed by atoms with E-state index in [2.05, 4.69) is 5.43 Å². The Kier molecular flexibility index (Phi) is 5.40. The van der Waals surface area contributed by atoms with Crippen molar-refractivity contribution < 1.29 is 9.53 Å². The summed E-state index contributed by atoms with van der Waals surface area (Å²) in [6, 6.07) is -0.231. The monoisotopic (exact) mass is 175 g/mol. The Hall–Kier alpha value is -0.810. The molecule has 5 heteroatoms. The molecule has 0 saturated carbocycles. The molecule has 0 radical (unpaired) electrons. The largest absolute Gasteiger partial charge is 0.383 e. The summed E-state index contributed by atoms with van der Waals surface area (Å²) in [6.45, 7) is 4.93. The highest BCUT2D eigenvalue weighted by Crippen LogP contribution is 1.98. The molecule has 2 amide bonds. The van der Waals surface area contributed by atoms with Crippen LogP contribution in [0.25, 0.3) is 0 Å². The van der Waals surface area contributed by atoms with Crippen molar-refractivity contribution >= 4 is 6.03 Å². The summed E-state index contributed by atoms with van der Waals surface area (Å²) in [5, 5.41) is 0. The topological polar surface area (TPSA) is 67.6 Å². The van der Waals surface area contributed by atoms with Crippen molar-refractivity contribution in [2.24, 2.45) is 5.84 Å². The lowest BCUT2D eigenvalue weighted by atomic mass is 10.3. The van der Waals surface area contributed by atoms with Gasteiger partial charge in [0.2, 0.25) is 0 Å². The van der Waals surface area contributed by atoms with E-state index >= 15 is 0 Å². The van der Waals surface area contributed by atoms with Crippen molar-refractivity contribution in [3.8, 4) is 0 Å². The van der Waals surface area contributed by atoms with Crippen LogP contribution in [-0.2, 0) is 4.74 Å². The molecule has 0 aliphatic heterocycles. The van der Waals surface area contributed by atoms with Crippen molar-refractivity contribution in [2.45, 2.75) is 19.9 Å². The van der Waals surface area contributed by atoms with Crippen LogP contribution < -0.4 is 11.3 Å². The fourth-order valence-electron chi connectivity index (χ4n) is 1.07. The van der Waals surface area contributed by atoms with Gasteiger partial charge in [-0.2, -0.15) is 0 Å². The van der Waals surface area contributed by atoms with Gasteiger partial charge in [0.05, 0.1) is 12.6 Å². The highest BCUT2D eigenvalue weighted by Gasteiger charge is 2.16. The van der Waals surface area contributed by atoms with E-state index in [1.165, 1.54) is 0 Å². The third-order valence-electron chi connectivity index (χ3n) is 1.66. The van der Waals surface area contributed by atoms with Crippen LogP contribution in [0, 0.1) is 0 Å². The minimum atomic E-state index is -0.276. The first kappa shape index (κ1) is 11.2. The molecular weight excluding hydrogens is 158 g/mol. The van der Waals surface area contributed by atoms with E-state index in [4.69, 9.17) is 10.6 Å². The van der Waals surface area contributed by atoms with Crippen molar-refractivity contribution in [2.75, 3.05) is 20.3 Å². The van der Waals surface area contributed by atoms with E-state index in [-0.39, 0.29) is 12.1 Å². The molecule has 0 aromatic carbocycles. The van der Waals surface area contributed by atoms with Crippen LogP contribution in [0.3, 0.4) is 0 Å². The van der Waals surface area contributed by atoms with E-state index in [0.717, 1.165) is 0 Å². The van der Waals surface area contributed by atoms with Gasteiger partial charge in [0.25, 0.3) is 0 Å². The summed E-state index contributed by atoms with van der Waals surface area (Å²) >= 11 is 0. The first-order chi connectivity index (χ1) is 5.67. The number of urea groups is 1. The molecule has 0 rings (SSSR count). The first-order valence-electron chi connectivity index (χ1n) is 3.93. The van der Waals surface area contributed by atoms with Gasteiger partial charge in [-0.25, -0.2) is 10.6 Å². The van der Waals surface area contributed by atoms with Gasteiger partial charge in [-0.05, 0) is 13.8 Å². The Balaban J connectivity index is 4.03. The maximum absolute atomic E-state index is 11.1. The number of hydrazine groups is 1. The number of carbonyl (C=O) groups is 1. The SMILES string of the molecule is CCN(C(=O)NN)C(C)COC. The molecule has 0 heterocycles. The number of nitrogens with one attached hydrogen (secondary N) is 1. The molecule has 0 aromatic heterocycles. The fourth-order valence-corrected chi connectivity index (χ4v) is 1.07. The number of amides is 2. The first-order valence-corrected chi connectivity index (χ1v) is 3.93. The van der Waals surface area contributed by atoms with Gasteiger partial charge in [0, 0.05) is 13.7 Å². The number of hydrogen-bond acceptors (Lipinski definition) is 3. The number of carbonyl (C=O) groups excluding carboxylic acids is 1. The molecule has 5 nitrogen and oxygen atoms in total. The predicted molar refractivity (Wildman–Crippen MR) is 46.4 cm³/mol. The standard InChI is InChI=1S/C7H17N3O2/c1-4-10(7(11)9-8)6(2)5-12-3/h6H,4-5,8H2,1-3H3,(H,9,11). The van der Waals surface area contributed by atoms with Crippen molar-refractivity contribution in [1.82, 2.24) is 10.3 Å². The molecule has 0 aromatic rings. The van der Waals surface area contributed by atoms with Gasteiger partial charge in [-0.15, -0.1) is 0 Å². The summed E-state index contributed by atoms with van der Waals surface area (Å²) in [6.07, 6.45) is 0. The number of ether oxygens (including phenoxy) is 1. The van der Waals surface area contributed by atoms with Gasteiger partial charge < -0.3 is 9.64 Å². The van der Waals surface area contributed by atoms with Crippen molar-refractivity contribution in [1.29, 1.82) is 0 Å². The smallest absolute Gasteiger partial charge is 0.331 e. The molecule has 12 heavy (non-hydrogen) atoms. The molecule has 0 aliphatic carbocycles. The van der Waals surface area contributed by atoms with Gasteiger partial charge in [-0.3, -0.25) is 5.43 Å². The lowest BCUT2D eigenvalue weighted by Gasteiger charge is -2.26. The molecule has 3 N–H and O–H groups in total. The Morgan fingerprint density at radius 2 is 2.33 bits per heavy atom. The Morgan fingerprint density at radius 3 is 2.67 bits per heavy atom. The lowest BCUT2D eigenvalue weighted by Crippen LogP contribution is -2.48. The quantitative estimate of drug-likeness (QED) is 0.357. The summed E-state index contributed by atoms with van der Waals surface area (Å²) in [5.41, 5.74) is 2.09. The number of hydrogen-bond donors (Lipinski definition) is 2. The summed E-state index contributed by atoms with van der Waals surface area (Å²) in [7, 11) is 1.60. The van der Waals surface area contributed by atoms with E-state index in [9.17, 15) is 4.79 Å². The van der Waals surface area contributed by atoms with Crippen LogP contribution in [0.15, 0.2) is 0 Å². The predicted octanol–water partition coefficient (Wildman–Crippen LogP) is -0.0735. The highest BCUT2D eigenvalue weighted by atomic mass is 16.5. The van der Waals surface area contributed by atoms with E-state index in [1.54, 1.807) is 12.0 Å². The molecule has 1 atom stereocenters. The number of likely N-dealkylation sites (N-methyl/N-ethyl adjacent to an activating group) is 1. The van der Waals surface area contributed by atoms with Crippen LogP contribution in [0.2, 0.25) is 0 Å². The minimum absolute atomic E-state index is 0.0450. The molecule has 0 bridgehead atoms. The zero-order valence-electron chi connectivity index (χ0n) is 7.83. The maximum Gasteiger partial charge on any atom is 0.331 e. The van der Waals surface area contributed by atoms with Gasteiger partial charge in [0.1, 0.15) is 0 Å². The Morgan fingerprint density at radius 1 is 1.75 bits per heavy atom. The molecule has 72 valence electrons. The summed E-state index contributed by atoms with van der Waals surface area (Å²) < 4.78 is 4.92. The molecule has 0 spiro atoms. The Bertz CT molecular complexity index is 141. The third-order valence-corrected chi connectivity index (χ3v) is 1.66. The zero-order chi connectivity index (χ0) is 9.56.